The summed E-state index contributed by atoms with van der Waals surface area (Å²) < 4.78 is 0. The zero-order valence-electron chi connectivity index (χ0n) is 9.63. The van der Waals surface area contributed by atoms with Crippen LogP contribution < -0.4 is 0 Å². The van der Waals surface area contributed by atoms with Crippen molar-refractivity contribution in [2.75, 3.05) is 0 Å². The summed E-state index contributed by atoms with van der Waals surface area (Å²) in [5.41, 5.74) is 2.31. The molecule has 0 amide bonds. The molecule has 0 fully saturated rings. The lowest BCUT2D eigenvalue weighted by atomic mass is 10.1. The van der Waals surface area contributed by atoms with Gasteiger partial charge in [0, 0.05) is 24.3 Å². The van der Waals surface area contributed by atoms with Crippen molar-refractivity contribution in [2.24, 2.45) is 0 Å². The lowest BCUT2D eigenvalue weighted by Gasteiger charge is -2.01. The predicted molar refractivity (Wildman–Crippen MR) is 63.7 cm³/mol. The Bertz CT molecular complexity index is 494. The molecule has 0 atom stereocenters. The number of aromatic nitrogens is 3. The van der Waals surface area contributed by atoms with Crippen LogP contribution in [0.15, 0.2) is 36.9 Å². The van der Waals surface area contributed by atoms with Crippen LogP contribution in [-0.2, 0) is 12.8 Å². The molecule has 86 valence electrons. The second kappa shape index (κ2) is 5.30. The molecule has 2 aromatic heterocycles. The summed E-state index contributed by atoms with van der Waals surface area (Å²) >= 11 is 0. The Kier molecular flexibility index (Phi) is 3.55. The maximum atomic E-state index is 11.8. The Labute approximate surface area is 99.8 Å². The molecule has 0 N–H and O–H groups in total. The van der Waals surface area contributed by atoms with E-state index in [-0.39, 0.29) is 12.2 Å². The second-order valence-electron chi connectivity index (χ2n) is 3.70. The van der Waals surface area contributed by atoms with E-state index in [1.165, 1.54) is 18.0 Å². The van der Waals surface area contributed by atoms with Crippen LogP contribution in [0.4, 0.5) is 0 Å². The molecule has 0 bridgehead atoms. The first-order valence-corrected chi connectivity index (χ1v) is 5.52. The van der Waals surface area contributed by atoms with E-state index in [2.05, 4.69) is 21.9 Å². The van der Waals surface area contributed by atoms with Crippen LogP contribution in [0.25, 0.3) is 0 Å². The predicted octanol–water partition coefficient (Wildman–Crippen LogP) is 1.86. The minimum Gasteiger partial charge on any atom is -0.292 e. The summed E-state index contributed by atoms with van der Waals surface area (Å²) in [6, 6.07) is 3.87. The number of carbonyl (C=O) groups excluding carboxylic acids is 1. The van der Waals surface area contributed by atoms with Gasteiger partial charge in [0.05, 0.1) is 12.6 Å². The number of hydrogen-bond acceptors (Lipinski definition) is 4. The molecule has 0 aliphatic heterocycles. The molecule has 0 saturated heterocycles. The summed E-state index contributed by atoms with van der Waals surface area (Å²) in [5.74, 6) is -0.0603. The van der Waals surface area contributed by atoms with Crippen LogP contribution in [0.1, 0.15) is 28.7 Å². The minimum atomic E-state index is -0.0603. The number of ketones is 1. The molecule has 4 heteroatoms. The van der Waals surface area contributed by atoms with E-state index in [9.17, 15) is 4.79 Å². The largest absolute Gasteiger partial charge is 0.292 e. The average molecular weight is 227 g/mol. The molecule has 0 spiro atoms. The number of nitrogens with zero attached hydrogens (tertiary/aromatic N) is 3. The van der Waals surface area contributed by atoms with Gasteiger partial charge in [0.15, 0.2) is 5.78 Å². The molecule has 17 heavy (non-hydrogen) atoms. The van der Waals surface area contributed by atoms with Crippen molar-refractivity contribution in [1.29, 1.82) is 0 Å². The Morgan fingerprint density at radius 1 is 1.18 bits per heavy atom. The van der Waals surface area contributed by atoms with E-state index in [0.717, 1.165) is 12.1 Å². The van der Waals surface area contributed by atoms with Gasteiger partial charge in [-0.2, -0.15) is 0 Å². The van der Waals surface area contributed by atoms with Gasteiger partial charge in [0.1, 0.15) is 5.69 Å². The van der Waals surface area contributed by atoms with Gasteiger partial charge in [-0.15, -0.1) is 0 Å². The zero-order chi connectivity index (χ0) is 12.1. The van der Waals surface area contributed by atoms with E-state index in [1.807, 2.05) is 12.1 Å². The quantitative estimate of drug-likeness (QED) is 0.748. The lowest BCUT2D eigenvalue weighted by Crippen LogP contribution is -2.07. The summed E-state index contributed by atoms with van der Waals surface area (Å²) in [6.07, 6.45) is 7.56. The summed E-state index contributed by atoms with van der Waals surface area (Å²) in [7, 11) is 0. The zero-order valence-corrected chi connectivity index (χ0v) is 9.63. The lowest BCUT2D eigenvalue weighted by molar-refractivity contribution is 0.0987. The molecule has 2 heterocycles. The fourth-order valence-corrected chi connectivity index (χ4v) is 1.47. The van der Waals surface area contributed by atoms with Gasteiger partial charge in [0.25, 0.3) is 0 Å². The highest BCUT2D eigenvalue weighted by molar-refractivity contribution is 5.95. The Hall–Kier alpha value is -2.10. The normalized spacial score (nSPS) is 10.2. The topological polar surface area (TPSA) is 55.7 Å². The highest BCUT2D eigenvalue weighted by Gasteiger charge is 2.08. The minimum absolute atomic E-state index is 0.0603. The van der Waals surface area contributed by atoms with Crippen molar-refractivity contribution < 1.29 is 4.79 Å². The van der Waals surface area contributed by atoms with Gasteiger partial charge in [-0.05, 0) is 18.1 Å². The van der Waals surface area contributed by atoms with Crippen LogP contribution in [0.3, 0.4) is 0 Å². The third-order valence-corrected chi connectivity index (χ3v) is 2.48. The van der Waals surface area contributed by atoms with Crippen molar-refractivity contribution in [3.05, 3.63) is 53.9 Å². The Morgan fingerprint density at radius 2 is 2.06 bits per heavy atom. The third-order valence-electron chi connectivity index (χ3n) is 2.48. The van der Waals surface area contributed by atoms with E-state index in [1.54, 1.807) is 12.4 Å². The molecule has 0 radical (unpaired) electrons. The fraction of sp³-hybridized carbons (Fsp3) is 0.231. The van der Waals surface area contributed by atoms with Crippen LogP contribution in [0.5, 0.6) is 0 Å². The first kappa shape index (κ1) is 11.4. The first-order chi connectivity index (χ1) is 8.29. The molecule has 2 rings (SSSR count). The number of rotatable bonds is 4. The van der Waals surface area contributed by atoms with E-state index in [0.29, 0.717) is 5.69 Å². The van der Waals surface area contributed by atoms with Crippen molar-refractivity contribution in [1.82, 2.24) is 15.0 Å². The van der Waals surface area contributed by atoms with Gasteiger partial charge in [-0.1, -0.05) is 13.0 Å². The van der Waals surface area contributed by atoms with Gasteiger partial charge in [0.2, 0.25) is 0 Å². The number of Topliss-reactive ketones (excluding diaryl/α,β-unsaturated/α-hetero) is 1. The molecular weight excluding hydrogens is 214 g/mol. The van der Waals surface area contributed by atoms with Crippen molar-refractivity contribution >= 4 is 5.78 Å². The fourth-order valence-electron chi connectivity index (χ4n) is 1.47. The van der Waals surface area contributed by atoms with Crippen LogP contribution in [-0.4, -0.2) is 20.7 Å². The van der Waals surface area contributed by atoms with Gasteiger partial charge in [-0.25, -0.2) is 4.98 Å². The summed E-state index contributed by atoms with van der Waals surface area (Å²) in [6.45, 7) is 2.07. The molecule has 0 aliphatic carbocycles. The average Bonchev–Trinajstić information content (AvgIpc) is 2.40. The number of carbonyl (C=O) groups is 1. The van der Waals surface area contributed by atoms with Crippen molar-refractivity contribution in [3.63, 3.8) is 0 Å². The summed E-state index contributed by atoms with van der Waals surface area (Å²) in [4.78, 5) is 23.9. The molecule has 0 aromatic carbocycles. The molecule has 0 saturated carbocycles. The molecule has 2 aromatic rings. The second-order valence-corrected chi connectivity index (χ2v) is 3.70. The van der Waals surface area contributed by atoms with Crippen molar-refractivity contribution in [3.8, 4) is 0 Å². The monoisotopic (exact) mass is 227 g/mol. The SMILES string of the molecule is CCc1ccc(CC(=O)c2cnccn2)nc1. The standard InChI is InChI=1S/C13H13N3O/c1-2-10-3-4-11(16-8-10)7-13(17)12-9-14-5-6-15-12/h3-6,8-9H,2,7H2,1H3. The number of aryl methyl sites for hydroxylation is 1. The van der Waals surface area contributed by atoms with Crippen LogP contribution >= 0.6 is 0 Å². The maximum absolute atomic E-state index is 11.8. The first-order valence-electron chi connectivity index (χ1n) is 5.52. The van der Waals surface area contributed by atoms with Crippen LogP contribution in [0.2, 0.25) is 0 Å². The van der Waals surface area contributed by atoms with E-state index < -0.39 is 0 Å². The maximum Gasteiger partial charge on any atom is 0.188 e. The van der Waals surface area contributed by atoms with Gasteiger partial charge in [-0.3, -0.25) is 14.8 Å². The Balaban J connectivity index is 2.08. The van der Waals surface area contributed by atoms with Gasteiger partial charge >= 0.3 is 0 Å². The number of pyridine rings is 1. The molecule has 0 unspecified atom stereocenters. The Morgan fingerprint density at radius 3 is 2.65 bits per heavy atom. The molecule has 0 aliphatic rings. The third kappa shape index (κ3) is 2.93. The smallest absolute Gasteiger partial charge is 0.188 e. The molecular formula is C13H13N3O. The van der Waals surface area contributed by atoms with E-state index >= 15 is 0 Å². The molecule has 4 nitrogen and oxygen atoms in total. The van der Waals surface area contributed by atoms with Crippen LogP contribution in [0, 0.1) is 0 Å². The number of hydrogen-bond donors (Lipinski definition) is 0. The highest BCUT2D eigenvalue weighted by atomic mass is 16.1. The summed E-state index contributed by atoms with van der Waals surface area (Å²) in [5, 5.41) is 0. The van der Waals surface area contributed by atoms with E-state index in [4.69, 9.17) is 0 Å². The highest BCUT2D eigenvalue weighted by Crippen LogP contribution is 2.04. The van der Waals surface area contributed by atoms with Gasteiger partial charge < -0.3 is 0 Å². The van der Waals surface area contributed by atoms with Crippen molar-refractivity contribution in [2.45, 2.75) is 19.8 Å².